The van der Waals surface area contributed by atoms with Crippen LogP contribution in [-0.2, 0) is 49.8 Å². The molecular weight excluding hydrogens is 295 g/mol. The van der Waals surface area contributed by atoms with E-state index in [2.05, 4.69) is 32.6 Å². The summed E-state index contributed by atoms with van der Waals surface area (Å²) in [7, 11) is 8.05. The Morgan fingerprint density at radius 1 is 0.889 bits per heavy atom. The molecule has 3 unspecified atom stereocenters. The Hall–Kier alpha value is 2.87. The Morgan fingerprint density at radius 3 is 1.11 bits per heavy atom. The minimum absolute atomic E-state index is 0. The van der Waals surface area contributed by atoms with E-state index in [0.29, 0.717) is 0 Å². The van der Waals surface area contributed by atoms with Gasteiger partial charge in [0, 0.05) is 68.6 Å². The first kappa shape index (κ1) is 17.8. The van der Waals surface area contributed by atoms with Crippen LogP contribution in [0.4, 0.5) is 0 Å². The minimum Gasteiger partial charge on any atom is -0.293 e. The number of rotatable bonds is 3. The Morgan fingerprint density at radius 2 is 1.11 bits per heavy atom. The van der Waals surface area contributed by atoms with E-state index in [1.54, 1.807) is 0 Å². The van der Waals surface area contributed by atoms with Gasteiger partial charge in [0.2, 0.25) is 0 Å². The molecule has 6 heteroatoms. The maximum Gasteiger partial charge on any atom is 0.0133 e. The van der Waals surface area contributed by atoms with Crippen LogP contribution in [0.25, 0.3) is 0 Å². The summed E-state index contributed by atoms with van der Waals surface area (Å²) in [5, 5.41) is 0. The van der Waals surface area contributed by atoms with Crippen molar-refractivity contribution >= 4 is 27.7 Å². The van der Waals surface area contributed by atoms with Crippen LogP contribution in [0.1, 0.15) is 0 Å². The molecule has 0 aromatic rings. The van der Waals surface area contributed by atoms with E-state index in [1.165, 1.54) is 0 Å². The first-order valence-electron chi connectivity index (χ1n) is 2.17. The van der Waals surface area contributed by atoms with Crippen molar-refractivity contribution in [1.82, 2.24) is 4.90 Å². The largest absolute Gasteiger partial charge is 0.293 e. The summed E-state index contributed by atoms with van der Waals surface area (Å²) < 4.78 is 0. The fourth-order valence-corrected chi connectivity index (χ4v) is 2.01. The first-order valence-corrected chi connectivity index (χ1v) is 4.62. The second-order valence-electron chi connectivity index (χ2n) is 1.22. The summed E-state index contributed by atoms with van der Waals surface area (Å²) in [6.07, 6.45) is 3.19. The molecule has 0 aliphatic carbocycles. The molecule has 1 nitrogen and oxygen atoms in total. The Bertz CT molecular complexity index is 40.5. The zero-order chi connectivity index (χ0) is 5.70. The van der Waals surface area contributed by atoms with Gasteiger partial charge in [-0.25, -0.2) is 0 Å². The van der Waals surface area contributed by atoms with E-state index >= 15 is 0 Å². The van der Waals surface area contributed by atoms with Crippen molar-refractivity contribution in [3.63, 3.8) is 0 Å². The van der Waals surface area contributed by atoms with Gasteiger partial charge in [0.15, 0.2) is 0 Å². The van der Waals surface area contributed by atoms with Crippen LogP contribution in [0.2, 0.25) is 0 Å². The van der Waals surface area contributed by atoms with E-state index in [4.69, 9.17) is 0 Å². The molecule has 0 saturated heterocycles. The van der Waals surface area contributed by atoms with Crippen molar-refractivity contribution in [2.45, 2.75) is 0 Å². The van der Waals surface area contributed by atoms with Gasteiger partial charge < -0.3 is 0 Å². The average molecular weight is 308 g/mol. The standard InChI is InChI=1S/C3H12NP3.Cu.Y/c5-1-4(2-6)3-7;;/h1-3,5-7H2;;. The summed E-state index contributed by atoms with van der Waals surface area (Å²) in [6, 6.07) is 0. The van der Waals surface area contributed by atoms with Crippen LogP contribution in [0.15, 0.2) is 0 Å². The summed E-state index contributed by atoms with van der Waals surface area (Å²) in [4.78, 5) is 2.26. The third kappa shape index (κ3) is 10.9. The molecule has 0 heterocycles. The van der Waals surface area contributed by atoms with Crippen molar-refractivity contribution in [3.8, 4) is 0 Å². The molecule has 0 rings (SSSR count). The molecule has 0 aliphatic heterocycles. The molecule has 0 aromatic heterocycles. The van der Waals surface area contributed by atoms with E-state index in [-0.39, 0.29) is 49.8 Å². The molecule has 2 radical (unpaired) electrons. The van der Waals surface area contributed by atoms with Gasteiger partial charge in [0.1, 0.15) is 0 Å². The van der Waals surface area contributed by atoms with Crippen LogP contribution < -0.4 is 0 Å². The molecule has 9 heavy (non-hydrogen) atoms. The van der Waals surface area contributed by atoms with E-state index in [9.17, 15) is 0 Å². The van der Waals surface area contributed by atoms with Crippen LogP contribution >= 0.6 is 27.7 Å². The zero-order valence-electron chi connectivity index (χ0n) is 5.18. The van der Waals surface area contributed by atoms with Gasteiger partial charge in [0.05, 0.1) is 0 Å². The number of nitrogens with zero attached hydrogens (tertiary/aromatic N) is 1. The molecule has 0 aromatic carbocycles. The third-order valence-electron chi connectivity index (χ3n) is 0.775. The van der Waals surface area contributed by atoms with E-state index < -0.39 is 0 Å². The molecule has 0 saturated carbocycles. The Balaban J connectivity index is -0.000000180. The monoisotopic (exact) mass is 307 g/mol. The minimum atomic E-state index is 0. The van der Waals surface area contributed by atoms with E-state index in [1.807, 2.05) is 0 Å². The van der Waals surface area contributed by atoms with Gasteiger partial charge in [-0.3, -0.25) is 4.90 Å². The SMILES string of the molecule is PCN(CP)CP.[Cu].[Y]. The van der Waals surface area contributed by atoms with Gasteiger partial charge in [-0.05, 0) is 0 Å². The van der Waals surface area contributed by atoms with Crippen molar-refractivity contribution < 1.29 is 49.8 Å². The smallest absolute Gasteiger partial charge is 0.0133 e. The molecule has 0 aliphatic rings. The number of hydrogen-bond donors (Lipinski definition) is 0. The van der Waals surface area contributed by atoms with Crippen LogP contribution in [0.3, 0.4) is 0 Å². The molecule has 0 amide bonds. The predicted octanol–water partition coefficient (Wildman–Crippen LogP) is 0.781. The van der Waals surface area contributed by atoms with Crippen LogP contribution in [0, 0.1) is 0 Å². The van der Waals surface area contributed by atoms with E-state index in [0.717, 1.165) is 18.9 Å². The molecular formula is C3H12CuNP3Y. The fourth-order valence-electron chi connectivity index (χ4n) is 0.224. The quantitative estimate of drug-likeness (QED) is 0.550. The average Bonchev–Trinajstić information content (AvgIpc) is 1.72. The van der Waals surface area contributed by atoms with Crippen molar-refractivity contribution in [1.29, 1.82) is 0 Å². The molecule has 58 valence electrons. The predicted molar refractivity (Wildman–Crippen MR) is 45.6 cm³/mol. The maximum absolute atomic E-state index is 2.68. The zero-order valence-corrected chi connectivity index (χ0v) is 12.4. The summed E-state index contributed by atoms with van der Waals surface area (Å²) >= 11 is 0. The molecule has 0 fully saturated rings. The fraction of sp³-hybridized carbons (Fsp3) is 1.00. The summed E-state index contributed by atoms with van der Waals surface area (Å²) in [5.41, 5.74) is 0. The van der Waals surface area contributed by atoms with Crippen molar-refractivity contribution in [2.75, 3.05) is 18.9 Å². The van der Waals surface area contributed by atoms with Gasteiger partial charge in [-0.1, -0.05) is 0 Å². The summed E-state index contributed by atoms with van der Waals surface area (Å²) in [5.74, 6) is 0. The number of hydrogen-bond acceptors (Lipinski definition) is 1. The Kier molecular flexibility index (Phi) is 26.7. The van der Waals surface area contributed by atoms with Gasteiger partial charge >= 0.3 is 0 Å². The van der Waals surface area contributed by atoms with Crippen LogP contribution in [0.5, 0.6) is 0 Å². The summed E-state index contributed by atoms with van der Waals surface area (Å²) in [6.45, 7) is 0. The first-order chi connectivity index (χ1) is 3.35. The maximum atomic E-state index is 2.68. The Labute approximate surface area is 100 Å². The molecule has 0 N–H and O–H groups in total. The third-order valence-corrected chi connectivity index (χ3v) is 2.32. The molecule has 0 bridgehead atoms. The topological polar surface area (TPSA) is 3.24 Å². The van der Waals surface area contributed by atoms with Gasteiger partial charge in [-0.15, -0.1) is 27.7 Å². The van der Waals surface area contributed by atoms with Crippen molar-refractivity contribution in [3.05, 3.63) is 0 Å². The van der Waals surface area contributed by atoms with Crippen LogP contribution in [-0.4, -0.2) is 23.8 Å². The van der Waals surface area contributed by atoms with Crippen molar-refractivity contribution in [2.24, 2.45) is 0 Å². The second kappa shape index (κ2) is 13.5. The second-order valence-corrected chi connectivity index (χ2v) is 2.31. The molecule has 3 atom stereocenters. The normalized spacial score (nSPS) is 8.00. The molecule has 0 spiro atoms. The van der Waals surface area contributed by atoms with Gasteiger partial charge in [0.25, 0.3) is 0 Å². The van der Waals surface area contributed by atoms with Gasteiger partial charge in [-0.2, -0.15) is 0 Å².